The number of nitriles is 1. The highest BCUT2D eigenvalue weighted by Crippen LogP contribution is 2.34. The number of benzene rings is 1. The van der Waals surface area contributed by atoms with E-state index in [2.05, 4.69) is 16.3 Å². The van der Waals surface area contributed by atoms with E-state index in [0.717, 1.165) is 31.7 Å². The van der Waals surface area contributed by atoms with Gasteiger partial charge in [0.15, 0.2) is 0 Å². The van der Waals surface area contributed by atoms with E-state index in [1.54, 1.807) is 12.1 Å². The molecule has 1 aromatic carbocycles. The van der Waals surface area contributed by atoms with Crippen molar-refractivity contribution in [1.29, 1.82) is 5.26 Å². The van der Waals surface area contributed by atoms with Gasteiger partial charge in [0.1, 0.15) is 5.54 Å². The summed E-state index contributed by atoms with van der Waals surface area (Å²) in [6.45, 7) is 5.37. The molecule has 96 valence electrons. The van der Waals surface area contributed by atoms with Gasteiger partial charge in [-0.3, -0.25) is 4.90 Å². The molecule has 1 saturated heterocycles. The molecule has 0 bridgehead atoms. The molecule has 0 amide bonds. The SMILES string of the molecule is CC(C#N)(c1ccc(Cl)cc1Cl)N1CCNCC1. The van der Waals surface area contributed by atoms with Crippen LogP contribution in [0.5, 0.6) is 0 Å². The van der Waals surface area contributed by atoms with Gasteiger partial charge in [-0.05, 0) is 19.1 Å². The molecule has 1 N–H and O–H groups in total. The first-order valence-electron chi connectivity index (χ1n) is 5.90. The summed E-state index contributed by atoms with van der Waals surface area (Å²) >= 11 is 12.1. The molecule has 1 fully saturated rings. The summed E-state index contributed by atoms with van der Waals surface area (Å²) in [5.74, 6) is 0. The van der Waals surface area contributed by atoms with Crippen LogP contribution in [0, 0.1) is 11.3 Å². The molecule has 0 saturated carbocycles. The fourth-order valence-corrected chi connectivity index (χ4v) is 2.89. The van der Waals surface area contributed by atoms with Crippen molar-refractivity contribution in [2.75, 3.05) is 26.2 Å². The van der Waals surface area contributed by atoms with Gasteiger partial charge in [0.25, 0.3) is 0 Å². The Morgan fingerprint density at radius 2 is 2.00 bits per heavy atom. The van der Waals surface area contributed by atoms with Gasteiger partial charge in [-0.2, -0.15) is 5.26 Å². The van der Waals surface area contributed by atoms with Crippen LogP contribution in [0.4, 0.5) is 0 Å². The van der Waals surface area contributed by atoms with E-state index in [4.69, 9.17) is 23.2 Å². The summed E-state index contributed by atoms with van der Waals surface area (Å²) in [5, 5.41) is 14.0. The molecule has 1 aromatic rings. The smallest absolute Gasteiger partial charge is 0.133 e. The third kappa shape index (κ3) is 2.48. The summed E-state index contributed by atoms with van der Waals surface area (Å²) in [4.78, 5) is 2.15. The van der Waals surface area contributed by atoms with Gasteiger partial charge < -0.3 is 5.32 Å². The first-order valence-corrected chi connectivity index (χ1v) is 6.66. The maximum Gasteiger partial charge on any atom is 0.133 e. The predicted octanol–water partition coefficient (Wildman–Crippen LogP) is 2.64. The van der Waals surface area contributed by atoms with Crippen LogP contribution in [0.2, 0.25) is 10.0 Å². The molecule has 5 heteroatoms. The number of piperazine rings is 1. The minimum absolute atomic E-state index is 0.546. The number of hydrogen-bond acceptors (Lipinski definition) is 3. The lowest BCUT2D eigenvalue weighted by atomic mass is 9.91. The van der Waals surface area contributed by atoms with Gasteiger partial charge in [0.2, 0.25) is 0 Å². The second-order valence-corrected chi connectivity index (χ2v) is 5.39. The Balaban J connectivity index is 2.39. The van der Waals surface area contributed by atoms with E-state index in [-0.39, 0.29) is 0 Å². The zero-order valence-corrected chi connectivity index (χ0v) is 11.7. The van der Waals surface area contributed by atoms with Gasteiger partial charge in [-0.25, -0.2) is 0 Å². The minimum Gasteiger partial charge on any atom is -0.314 e. The fourth-order valence-electron chi connectivity index (χ4n) is 2.30. The molecule has 2 rings (SSSR count). The number of rotatable bonds is 2. The molecule has 1 heterocycles. The standard InChI is InChI=1S/C13H15Cl2N3/c1-13(9-16,18-6-4-17-5-7-18)11-3-2-10(14)8-12(11)15/h2-3,8,17H,4-7H2,1H3. The maximum absolute atomic E-state index is 9.58. The first-order chi connectivity index (χ1) is 8.58. The lowest BCUT2D eigenvalue weighted by Gasteiger charge is -2.39. The largest absolute Gasteiger partial charge is 0.314 e. The van der Waals surface area contributed by atoms with Crippen LogP contribution in [0.1, 0.15) is 12.5 Å². The van der Waals surface area contributed by atoms with Crippen molar-refractivity contribution in [3.8, 4) is 6.07 Å². The normalized spacial score (nSPS) is 20.1. The Labute approximate surface area is 117 Å². The maximum atomic E-state index is 9.58. The van der Waals surface area contributed by atoms with Crippen LogP contribution in [0.3, 0.4) is 0 Å². The second-order valence-electron chi connectivity index (χ2n) is 4.55. The Morgan fingerprint density at radius 3 is 2.56 bits per heavy atom. The Kier molecular flexibility index (Phi) is 4.14. The van der Waals surface area contributed by atoms with Gasteiger partial charge in [0.05, 0.1) is 6.07 Å². The Morgan fingerprint density at radius 1 is 1.33 bits per heavy atom. The summed E-state index contributed by atoms with van der Waals surface area (Å²) in [5.41, 5.74) is 0.113. The van der Waals surface area contributed by atoms with Gasteiger partial charge in [-0.15, -0.1) is 0 Å². The zero-order valence-electron chi connectivity index (χ0n) is 10.2. The zero-order chi connectivity index (χ0) is 13.2. The summed E-state index contributed by atoms with van der Waals surface area (Å²) in [6.07, 6.45) is 0. The minimum atomic E-state index is -0.705. The van der Waals surface area contributed by atoms with E-state index < -0.39 is 5.54 Å². The van der Waals surface area contributed by atoms with E-state index in [9.17, 15) is 5.26 Å². The number of nitrogens with one attached hydrogen (secondary N) is 1. The van der Waals surface area contributed by atoms with Crippen molar-refractivity contribution in [2.24, 2.45) is 0 Å². The third-order valence-electron chi connectivity index (χ3n) is 3.42. The molecular formula is C13H15Cl2N3. The topological polar surface area (TPSA) is 39.1 Å². The molecule has 1 aliphatic heterocycles. The van der Waals surface area contributed by atoms with Crippen LogP contribution in [0.25, 0.3) is 0 Å². The summed E-state index contributed by atoms with van der Waals surface area (Å²) in [7, 11) is 0. The van der Waals surface area contributed by atoms with Crippen LogP contribution < -0.4 is 5.32 Å². The predicted molar refractivity (Wildman–Crippen MR) is 73.9 cm³/mol. The molecule has 1 atom stereocenters. The van der Waals surface area contributed by atoms with Crippen molar-refractivity contribution < 1.29 is 0 Å². The van der Waals surface area contributed by atoms with Crippen molar-refractivity contribution in [1.82, 2.24) is 10.2 Å². The number of hydrogen-bond donors (Lipinski definition) is 1. The van der Waals surface area contributed by atoms with Crippen LogP contribution in [-0.2, 0) is 5.54 Å². The van der Waals surface area contributed by atoms with Gasteiger partial charge >= 0.3 is 0 Å². The summed E-state index contributed by atoms with van der Waals surface area (Å²) in [6, 6.07) is 7.71. The highest BCUT2D eigenvalue weighted by molar-refractivity contribution is 6.35. The van der Waals surface area contributed by atoms with Crippen molar-refractivity contribution >= 4 is 23.2 Å². The lowest BCUT2D eigenvalue weighted by Crippen LogP contribution is -2.52. The molecule has 0 aromatic heterocycles. The van der Waals surface area contributed by atoms with Crippen molar-refractivity contribution in [3.63, 3.8) is 0 Å². The van der Waals surface area contributed by atoms with Crippen LogP contribution >= 0.6 is 23.2 Å². The van der Waals surface area contributed by atoms with Crippen LogP contribution in [0.15, 0.2) is 18.2 Å². The molecule has 3 nitrogen and oxygen atoms in total. The van der Waals surface area contributed by atoms with E-state index >= 15 is 0 Å². The molecule has 0 spiro atoms. The van der Waals surface area contributed by atoms with Crippen molar-refractivity contribution in [3.05, 3.63) is 33.8 Å². The van der Waals surface area contributed by atoms with Gasteiger partial charge in [-0.1, -0.05) is 29.3 Å². The highest BCUT2D eigenvalue weighted by atomic mass is 35.5. The third-order valence-corrected chi connectivity index (χ3v) is 3.97. The second kappa shape index (κ2) is 5.46. The van der Waals surface area contributed by atoms with Crippen LogP contribution in [-0.4, -0.2) is 31.1 Å². The first kappa shape index (κ1) is 13.6. The average molecular weight is 284 g/mol. The van der Waals surface area contributed by atoms with E-state index in [1.165, 1.54) is 0 Å². The molecular weight excluding hydrogens is 269 g/mol. The number of halogens is 2. The quantitative estimate of drug-likeness (QED) is 0.907. The Bertz CT molecular complexity index is 478. The lowest BCUT2D eigenvalue weighted by molar-refractivity contribution is 0.132. The van der Waals surface area contributed by atoms with Crippen molar-refractivity contribution in [2.45, 2.75) is 12.5 Å². The van der Waals surface area contributed by atoms with E-state index in [0.29, 0.717) is 10.0 Å². The monoisotopic (exact) mass is 283 g/mol. The van der Waals surface area contributed by atoms with E-state index in [1.807, 2.05) is 13.0 Å². The molecule has 1 aliphatic rings. The summed E-state index contributed by atoms with van der Waals surface area (Å²) < 4.78 is 0. The molecule has 0 aliphatic carbocycles. The fraction of sp³-hybridized carbons (Fsp3) is 0.462. The number of nitrogens with zero attached hydrogens (tertiary/aromatic N) is 2. The molecule has 1 unspecified atom stereocenters. The highest BCUT2D eigenvalue weighted by Gasteiger charge is 2.36. The molecule has 0 radical (unpaired) electrons. The average Bonchev–Trinajstić information content (AvgIpc) is 2.39. The van der Waals surface area contributed by atoms with Gasteiger partial charge in [0, 0.05) is 41.8 Å². The molecule has 18 heavy (non-hydrogen) atoms. The Hall–Kier alpha value is -0.790.